The van der Waals surface area contributed by atoms with E-state index < -0.39 is 0 Å². The van der Waals surface area contributed by atoms with Crippen LogP contribution in [0.5, 0.6) is 5.75 Å². The molecule has 0 unspecified atom stereocenters. The minimum absolute atomic E-state index is 0.481. The van der Waals surface area contributed by atoms with E-state index in [4.69, 9.17) is 10.00 Å². The van der Waals surface area contributed by atoms with E-state index in [0.717, 1.165) is 29.0 Å². The molecule has 4 nitrogen and oxygen atoms in total. The molecule has 0 amide bonds. The zero-order valence-corrected chi connectivity index (χ0v) is 12.9. The van der Waals surface area contributed by atoms with E-state index in [1.165, 1.54) is 0 Å². The Morgan fingerprint density at radius 3 is 2.86 bits per heavy atom. The van der Waals surface area contributed by atoms with E-state index in [1.807, 2.05) is 44.2 Å². The molecule has 22 heavy (non-hydrogen) atoms. The lowest BCUT2D eigenvalue weighted by Crippen LogP contribution is -1.96. The average molecular weight is 293 g/mol. The summed E-state index contributed by atoms with van der Waals surface area (Å²) in [6, 6.07) is 11.7. The first-order valence-electron chi connectivity index (χ1n) is 7.33. The van der Waals surface area contributed by atoms with Crippen molar-refractivity contribution >= 4 is 11.4 Å². The molecule has 0 saturated carbocycles. The Balaban J connectivity index is 2.08. The highest BCUT2D eigenvalue weighted by Crippen LogP contribution is 2.25. The summed E-state index contributed by atoms with van der Waals surface area (Å²) < 4.78 is 5.75. The van der Waals surface area contributed by atoms with Crippen LogP contribution in [0.25, 0.3) is 0 Å². The number of rotatable bonds is 6. The van der Waals surface area contributed by atoms with Crippen molar-refractivity contribution in [2.75, 3.05) is 0 Å². The minimum Gasteiger partial charge on any atom is -0.489 e. The van der Waals surface area contributed by atoms with Crippen molar-refractivity contribution in [3.05, 3.63) is 53.9 Å². The van der Waals surface area contributed by atoms with Gasteiger partial charge in [-0.2, -0.15) is 5.26 Å². The first-order valence-corrected chi connectivity index (χ1v) is 7.33. The number of ether oxygens (including phenoxy) is 1. The Morgan fingerprint density at radius 2 is 2.23 bits per heavy atom. The van der Waals surface area contributed by atoms with Gasteiger partial charge in [-0.3, -0.25) is 4.98 Å². The lowest BCUT2D eigenvalue weighted by Gasteiger charge is -2.08. The van der Waals surface area contributed by atoms with Gasteiger partial charge in [0.15, 0.2) is 0 Å². The third-order valence-electron chi connectivity index (χ3n) is 3.17. The molecule has 0 fully saturated rings. The third-order valence-corrected chi connectivity index (χ3v) is 3.17. The van der Waals surface area contributed by atoms with E-state index in [0.29, 0.717) is 18.7 Å². The molecular weight excluding hydrogens is 274 g/mol. The highest BCUT2D eigenvalue weighted by Gasteiger charge is 2.03. The van der Waals surface area contributed by atoms with Gasteiger partial charge in [-0.1, -0.05) is 13.0 Å². The molecule has 0 radical (unpaired) electrons. The van der Waals surface area contributed by atoms with E-state index in [1.54, 1.807) is 12.4 Å². The summed E-state index contributed by atoms with van der Waals surface area (Å²) in [5, 5.41) is 9.06. The number of aromatic nitrogens is 1. The van der Waals surface area contributed by atoms with Crippen molar-refractivity contribution in [2.24, 2.45) is 4.99 Å². The van der Waals surface area contributed by atoms with Crippen molar-refractivity contribution < 1.29 is 4.74 Å². The molecule has 0 aliphatic heterocycles. The van der Waals surface area contributed by atoms with Crippen molar-refractivity contribution in [1.29, 1.82) is 5.26 Å². The lowest BCUT2D eigenvalue weighted by molar-refractivity contribution is 0.305. The summed E-state index contributed by atoms with van der Waals surface area (Å²) in [5.74, 6) is 0.786. The standard InChI is InChI=1S/C18H19N3O/c1-3-5-16(11-19)21-18-8-7-17(10-14(18)2)22-13-15-6-4-9-20-12-15/h4,6-10,12H,3,5,13H2,1-2H3. The zero-order chi connectivity index (χ0) is 15.8. The molecule has 112 valence electrons. The fourth-order valence-electron chi connectivity index (χ4n) is 2.01. The van der Waals surface area contributed by atoms with Gasteiger partial charge >= 0.3 is 0 Å². The second-order valence-electron chi connectivity index (χ2n) is 5.02. The molecule has 1 heterocycles. The number of pyridine rings is 1. The van der Waals surface area contributed by atoms with Crippen molar-refractivity contribution in [3.63, 3.8) is 0 Å². The molecule has 1 aromatic heterocycles. The highest BCUT2D eigenvalue weighted by atomic mass is 16.5. The Hall–Kier alpha value is -2.67. The van der Waals surface area contributed by atoms with Gasteiger partial charge in [0.2, 0.25) is 0 Å². The first-order chi connectivity index (χ1) is 10.7. The number of hydrogen-bond donors (Lipinski definition) is 0. The molecule has 0 saturated heterocycles. The summed E-state index contributed by atoms with van der Waals surface area (Å²) in [7, 11) is 0. The Bertz CT molecular complexity index is 687. The zero-order valence-electron chi connectivity index (χ0n) is 12.9. The van der Waals surface area contributed by atoms with Gasteiger partial charge in [0.1, 0.15) is 24.1 Å². The monoisotopic (exact) mass is 293 g/mol. The van der Waals surface area contributed by atoms with E-state index in [2.05, 4.69) is 16.0 Å². The number of aryl methyl sites for hydroxylation is 1. The predicted octanol–water partition coefficient (Wildman–Crippen LogP) is 4.37. The maximum absolute atomic E-state index is 9.06. The Kier molecular flexibility index (Phi) is 5.67. The molecule has 0 aliphatic carbocycles. The van der Waals surface area contributed by atoms with Gasteiger partial charge in [0.05, 0.1) is 5.69 Å². The van der Waals surface area contributed by atoms with Crippen LogP contribution >= 0.6 is 0 Å². The van der Waals surface area contributed by atoms with E-state index in [-0.39, 0.29) is 0 Å². The van der Waals surface area contributed by atoms with Crippen molar-refractivity contribution in [1.82, 2.24) is 4.98 Å². The highest BCUT2D eigenvalue weighted by molar-refractivity contribution is 6.00. The second-order valence-corrected chi connectivity index (χ2v) is 5.02. The van der Waals surface area contributed by atoms with E-state index >= 15 is 0 Å². The first kappa shape index (κ1) is 15.7. The summed E-state index contributed by atoms with van der Waals surface area (Å²) in [6.45, 7) is 4.49. The summed E-state index contributed by atoms with van der Waals surface area (Å²) in [5.41, 5.74) is 3.40. The van der Waals surface area contributed by atoms with Crippen LogP contribution in [-0.2, 0) is 6.61 Å². The van der Waals surface area contributed by atoms with Crippen molar-refractivity contribution in [3.8, 4) is 11.8 Å². The number of benzene rings is 1. The molecule has 2 rings (SSSR count). The smallest absolute Gasteiger partial charge is 0.120 e. The fourth-order valence-corrected chi connectivity index (χ4v) is 2.01. The molecular formula is C18H19N3O. The van der Waals surface area contributed by atoms with Gasteiger partial charge < -0.3 is 4.74 Å². The molecule has 0 atom stereocenters. The number of aliphatic imine (C=N–C) groups is 1. The van der Waals surface area contributed by atoms with Gasteiger partial charge in [-0.15, -0.1) is 0 Å². The van der Waals surface area contributed by atoms with Crippen LogP contribution in [0.3, 0.4) is 0 Å². The summed E-state index contributed by atoms with van der Waals surface area (Å²) in [6.07, 6.45) is 5.14. The molecule has 2 aromatic rings. The number of nitrogens with zero attached hydrogens (tertiary/aromatic N) is 3. The van der Waals surface area contributed by atoms with Gasteiger partial charge in [-0.05, 0) is 49.6 Å². The summed E-state index contributed by atoms with van der Waals surface area (Å²) in [4.78, 5) is 8.48. The topological polar surface area (TPSA) is 58.3 Å². The lowest BCUT2D eigenvalue weighted by atomic mass is 10.1. The maximum Gasteiger partial charge on any atom is 0.120 e. The third kappa shape index (κ3) is 4.42. The Morgan fingerprint density at radius 1 is 1.36 bits per heavy atom. The van der Waals surface area contributed by atoms with Gasteiger partial charge in [0.25, 0.3) is 0 Å². The largest absolute Gasteiger partial charge is 0.489 e. The molecule has 0 aliphatic rings. The maximum atomic E-state index is 9.06. The van der Waals surface area contributed by atoms with Crippen LogP contribution in [0.15, 0.2) is 47.7 Å². The molecule has 0 spiro atoms. The SMILES string of the molecule is CCCC(C#N)=Nc1ccc(OCc2cccnc2)cc1C. The molecule has 0 N–H and O–H groups in total. The van der Waals surface area contributed by atoms with Crippen LogP contribution in [0.1, 0.15) is 30.9 Å². The van der Waals surface area contributed by atoms with Crippen LogP contribution in [0.2, 0.25) is 0 Å². The second kappa shape index (κ2) is 7.94. The van der Waals surface area contributed by atoms with Crippen LogP contribution in [0, 0.1) is 18.3 Å². The van der Waals surface area contributed by atoms with Crippen LogP contribution < -0.4 is 4.74 Å². The minimum atomic E-state index is 0.481. The Labute approximate surface area is 131 Å². The number of nitriles is 1. The van der Waals surface area contributed by atoms with Crippen LogP contribution in [-0.4, -0.2) is 10.7 Å². The summed E-state index contributed by atoms with van der Waals surface area (Å²) >= 11 is 0. The molecule has 4 heteroatoms. The number of hydrogen-bond acceptors (Lipinski definition) is 4. The van der Waals surface area contributed by atoms with Crippen molar-refractivity contribution in [2.45, 2.75) is 33.3 Å². The molecule has 1 aromatic carbocycles. The average Bonchev–Trinajstić information content (AvgIpc) is 2.55. The van der Waals surface area contributed by atoms with E-state index in [9.17, 15) is 0 Å². The van der Waals surface area contributed by atoms with Gasteiger partial charge in [0, 0.05) is 18.0 Å². The predicted molar refractivity (Wildman–Crippen MR) is 87.4 cm³/mol. The molecule has 0 bridgehead atoms. The quantitative estimate of drug-likeness (QED) is 0.743. The normalized spacial score (nSPS) is 11.0. The fraction of sp³-hybridized carbons (Fsp3) is 0.278. The van der Waals surface area contributed by atoms with Crippen LogP contribution in [0.4, 0.5) is 5.69 Å². The van der Waals surface area contributed by atoms with Gasteiger partial charge in [-0.25, -0.2) is 4.99 Å².